The van der Waals surface area contributed by atoms with Crippen LogP contribution < -0.4 is 26.2 Å². The maximum Gasteiger partial charge on any atom is 0.349 e. The maximum atomic E-state index is 12.6. The van der Waals surface area contributed by atoms with Crippen molar-refractivity contribution in [1.29, 1.82) is 5.41 Å². The summed E-state index contributed by atoms with van der Waals surface area (Å²) in [6, 6.07) is 15.2. The van der Waals surface area contributed by atoms with Crippen molar-refractivity contribution in [3.63, 3.8) is 0 Å². The predicted octanol–water partition coefficient (Wildman–Crippen LogP) is 1.85. The molecule has 0 aliphatic heterocycles. The van der Waals surface area contributed by atoms with Crippen molar-refractivity contribution in [1.82, 2.24) is 25.0 Å². The molecule has 4 aromatic rings. The predicted molar refractivity (Wildman–Crippen MR) is 122 cm³/mol. The number of benzene rings is 2. The van der Waals surface area contributed by atoms with Gasteiger partial charge in [0.05, 0.1) is 14.2 Å². The Labute approximate surface area is 188 Å². The van der Waals surface area contributed by atoms with Gasteiger partial charge in [-0.15, -0.1) is 10.2 Å². The number of nitrogens with one attached hydrogen (secondary N) is 3. The fourth-order valence-corrected chi connectivity index (χ4v) is 3.29. The van der Waals surface area contributed by atoms with Crippen LogP contribution in [-0.2, 0) is 0 Å². The molecule has 33 heavy (non-hydrogen) atoms. The SMILES string of the molecule is COc1ccc([C@H](Nc2ccc(C(=N)N)cc2)c2nn(-c3cccnn3)c(=O)[nH]2)cc1OC. The molecule has 0 radical (unpaired) electrons. The first kappa shape index (κ1) is 21.6. The summed E-state index contributed by atoms with van der Waals surface area (Å²) in [7, 11) is 3.11. The summed E-state index contributed by atoms with van der Waals surface area (Å²) >= 11 is 0. The van der Waals surface area contributed by atoms with Crippen molar-refractivity contribution < 1.29 is 9.47 Å². The van der Waals surface area contributed by atoms with E-state index in [0.717, 1.165) is 15.9 Å². The summed E-state index contributed by atoms with van der Waals surface area (Å²) in [5.41, 5.74) is 7.20. The molecule has 1 atom stereocenters. The lowest BCUT2D eigenvalue weighted by molar-refractivity contribution is 0.354. The largest absolute Gasteiger partial charge is 0.493 e. The van der Waals surface area contributed by atoms with Crippen LogP contribution in [0.3, 0.4) is 0 Å². The van der Waals surface area contributed by atoms with Gasteiger partial charge in [0.2, 0.25) is 0 Å². The first-order valence-electron chi connectivity index (χ1n) is 9.90. The molecule has 0 aliphatic carbocycles. The molecule has 0 fully saturated rings. The first-order valence-corrected chi connectivity index (χ1v) is 9.90. The number of nitrogen functional groups attached to an aromatic ring is 1. The Morgan fingerprint density at radius 1 is 1.12 bits per heavy atom. The minimum Gasteiger partial charge on any atom is -0.493 e. The number of H-pyrrole nitrogens is 1. The van der Waals surface area contributed by atoms with E-state index in [0.29, 0.717) is 28.7 Å². The number of nitrogens with zero attached hydrogens (tertiary/aromatic N) is 4. The summed E-state index contributed by atoms with van der Waals surface area (Å²) < 4.78 is 11.9. The molecule has 0 aliphatic rings. The van der Waals surface area contributed by atoms with E-state index in [1.54, 1.807) is 62.8 Å². The highest BCUT2D eigenvalue weighted by molar-refractivity contribution is 5.95. The highest BCUT2D eigenvalue weighted by atomic mass is 16.5. The third-order valence-corrected chi connectivity index (χ3v) is 4.93. The molecule has 0 saturated heterocycles. The number of anilines is 1. The Hall–Kier alpha value is -4.67. The minimum atomic E-state index is -0.557. The summed E-state index contributed by atoms with van der Waals surface area (Å²) in [6.45, 7) is 0. The van der Waals surface area contributed by atoms with Crippen molar-refractivity contribution in [3.05, 3.63) is 88.2 Å². The smallest absolute Gasteiger partial charge is 0.349 e. The minimum absolute atomic E-state index is 0.0231. The van der Waals surface area contributed by atoms with E-state index in [-0.39, 0.29) is 5.84 Å². The van der Waals surface area contributed by atoms with Crippen molar-refractivity contribution in [2.24, 2.45) is 5.73 Å². The van der Waals surface area contributed by atoms with E-state index in [2.05, 4.69) is 25.6 Å². The van der Waals surface area contributed by atoms with Crippen molar-refractivity contribution >= 4 is 11.5 Å². The average Bonchev–Trinajstić information content (AvgIpc) is 3.24. The number of methoxy groups -OCH3 is 2. The van der Waals surface area contributed by atoms with E-state index >= 15 is 0 Å². The van der Waals surface area contributed by atoms with E-state index < -0.39 is 11.7 Å². The molecular formula is C22H22N8O3. The molecule has 11 heteroatoms. The zero-order valence-electron chi connectivity index (χ0n) is 17.9. The van der Waals surface area contributed by atoms with Crippen LogP contribution in [0.2, 0.25) is 0 Å². The van der Waals surface area contributed by atoms with Crippen molar-refractivity contribution in [2.45, 2.75) is 6.04 Å². The van der Waals surface area contributed by atoms with Crippen LogP contribution in [-0.4, -0.2) is 45.0 Å². The van der Waals surface area contributed by atoms with Gasteiger partial charge in [-0.2, -0.15) is 9.78 Å². The Balaban J connectivity index is 1.78. The highest BCUT2D eigenvalue weighted by Gasteiger charge is 2.22. The van der Waals surface area contributed by atoms with Crippen LogP contribution >= 0.6 is 0 Å². The van der Waals surface area contributed by atoms with Crippen LogP contribution in [0.5, 0.6) is 11.5 Å². The monoisotopic (exact) mass is 446 g/mol. The van der Waals surface area contributed by atoms with Gasteiger partial charge in [0.1, 0.15) is 11.9 Å². The quantitative estimate of drug-likeness (QED) is 0.236. The lowest BCUT2D eigenvalue weighted by atomic mass is 10.0. The molecule has 0 unspecified atom stereocenters. The average molecular weight is 446 g/mol. The Morgan fingerprint density at radius 3 is 2.52 bits per heavy atom. The fraction of sp³-hybridized carbons (Fsp3) is 0.136. The number of hydrogen-bond donors (Lipinski definition) is 4. The second kappa shape index (κ2) is 9.22. The molecule has 0 saturated carbocycles. The Morgan fingerprint density at radius 2 is 1.88 bits per heavy atom. The van der Waals surface area contributed by atoms with Crippen molar-refractivity contribution in [2.75, 3.05) is 19.5 Å². The third-order valence-electron chi connectivity index (χ3n) is 4.93. The molecule has 2 aromatic carbocycles. The molecule has 0 amide bonds. The van der Waals surface area contributed by atoms with Gasteiger partial charge in [0, 0.05) is 17.4 Å². The van der Waals surface area contributed by atoms with Crippen LogP contribution in [0.25, 0.3) is 5.82 Å². The summed E-state index contributed by atoms with van der Waals surface area (Å²) in [4.78, 5) is 15.4. The van der Waals surface area contributed by atoms with Gasteiger partial charge in [-0.1, -0.05) is 6.07 Å². The number of rotatable bonds is 8. The molecule has 5 N–H and O–H groups in total. The second-order valence-corrected chi connectivity index (χ2v) is 6.99. The van der Waals surface area contributed by atoms with Crippen LogP contribution in [0.1, 0.15) is 23.0 Å². The molecule has 2 heterocycles. The highest BCUT2D eigenvalue weighted by Crippen LogP contribution is 2.33. The fourth-order valence-electron chi connectivity index (χ4n) is 3.29. The number of amidine groups is 1. The van der Waals surface area contributed by atoms with Gasteiger partial charge in [-0.05, 0) is 54.1 Å². The topological polar surface area (TPSA) is 157 Å². The number of aromatic nitrogens is 5. The molecular weight excluding hydrogens is 424 g/mol. The summed E-state index contributed by atoms with van der Waals surface area (Å²) in [5.74, 6) is 1.73. The number of hydrogen-bond acceptors (Lipinski definition) is 8. The maximum absolute atomic E-state index is 12.6. The molecule has 11 nitrogen and oxygen atoms in total. The Bertz CT molecular complexity index is 1320. The molecule has 2 aromatic heterocycles. The summed E-state index contributed by atoms with van der Waals surface area (Å²) in [5, 5.41) is 23.2. The molecule has 0 bridgehead atoms. The zero-order valence-corrected chi connectivity index (χ0v) is 17.9. The van der Waals surface area contributed by atoms with Gasteiger partial charge in [0.15, 0.2) is 23.1 Å². The van der Waals surface area contributed by atoms with Crippen LogP contribution in [0.4, 0.5) is 5.69 Å². The van der Waals surface area contributed by atoms with Gasteiger partial charge >= 0.3 is 5.69 Å². The van der Waals surface area contributed by atoms with E-state index in [4.69, 9.17) is 20.6 Å². The molecule has 0 spiro atoms. The summed E-state index contributed by atoms with van der Waals surface area (Å²) in [6.07, 6.45) is 1.51. The van der Waals surface area contributed by atoms with Crippen LogP contribution in [0, 0.1) is 5.41 Å². The standard InChI is InChI=1S/C22H22N8O3/c1-32-16-10-7-14(12-17(16)33-2)19(26-15-8-5-13(6-9-15)20(23)24)21-27-22(31)30(29-21)18-4-3-11-25-28-18/h3-12,19,26H,1-2H3,(H3,23,24)(H,27,29,31)/t19-/m0/s1. The zero-order chi connectivity index (χ0) is 23.4. The van der Waals surface area contributed by atoms with Gasteiger partial charge in [-0.25, -0.2) is 4.79 Å². The van der Waals surface area contributed by atoms with Gasteiger partial charge < -0.3 is 20.5 Å². The third kappa shape index (κ3) is 4.51. The lowest BCUT2D eigenvalue weighted by Crippen LogP contribution is -2.17. The number of aromatic amines is 1. The van der Waals surface area contributed by atoms with E-state index in [1.165, 1.54) is 6.20 Å². The number of nitrogens with two attached hydrogens (primary N) is 1. The van der Waals surface area contributed by atoms with E-state index in [1.807, 2.05) is 6.07 Å². The van der Waals surface area contributed by atoms with Gasteiger partial charge in [-0.3, -0.25) is 10.4 Å². The van der Waals surface area contributed by atoms with Crippen molar-refractivity contribution in [3.8, 4) is 17.3 Å². The molecule has 4 rings (SSSR count). The van der Waals surface area contributed by atoms with Crippen LogP contribution in [0.15, 0.2) is 65.6 Å². The Kier molecular flexibility index (Phi) is 6.02. The van der Waals surface area contributed by atoms with E-state index in [9.17, 15) is 4.79 Å². The normalized spacial score (nSPS) is 11.6. The number of ether oxygens (including phenoxy) is 2. The first-order chi connectivity index (χ1) is 16.0. The second-order valence-electron chi connectivity index (χ2n) is 6.99. The lowest BCUT2D eigenvalue weighted by Gasteiger charge is -2.20. The van der Waals surface area contributed by atoms with Gasteiger partial charge in [0.25, 0.3) is 0 Å². The molecule has 168 valence electrons.